The largest absolute Gasteiger partial charge is 0.425 e. The van der Waals surface area contributed by atoms with E-state index < -0.39 is 11.9 Å². The molecule has 116 valence electrons. The normalized spacial score (nSPS) is 17.2. The highest BCUT2D eigenvalue weighted by Gasteiger charge is 2.34. The maximum absolute atomic E-state index is 12.3. The van der Waals surface area contributed by atoms with Gasteiger partial charge in [0.15, 0.2) is 11.7 Å². The molecule has 0 N–H and O–H groups in total. The predicted molar refractivity (Wildman–Crippen MR) is 88.4 cm³/mol. The van der Waals surface area contributed by atoms with Crippen LogP contribution in [0.15, 0.2) is 53.5 Å². The van der Waals surface area contributed by atoms with E-state index in [1.54, 1.807) is 24.3 Å². The number of esters is 1. The zero-order chi connectivity index (χ0) is 16.2. The van der Waals surface area contributed by atoms with Gasteiger partial charge in [0, 0.05) is 17.8 Å². The lowest BCUT2D eigenvalue weighted by atomic mass is 9.95. The fourth-order valence-electron chi connectivity index (χ4n) is 2.36. The molecule has 0 radical (unpaired) electrons. The first-order valence-corrected chi connectivity index (χ1v) is 7.62. The van der Waals surface area contributed by atoms with E-state index in [4.69, 9.17) is 16.3 Å². The third-order valence-corrected chi connectivity index (χ3v) is 3.85. The second-order valence-corrected chi connectivity index (χ2v) is 5.63. The van der Waals surface area contributed by atoms with Gasteiger partial charge in [-0.05, 0) is 36.2 Å². The highest BCUT2D eigenvalue weighted by molar-refractivity contribution is 6.30. The standard InChI is InChI=1S/C18H14ClNO3/c19-13-7-5-12(6-8-13)9-10-20-11-15-17(21)14-3-1-2-4-16(14)23-18(15)22/h1-8,11,15H,9-10H2/t15-/m1/s1. The number of rotatable bonds is 4. The Morgan fingerprint density at radius 2 is 1.83 bits per heavy atom. The van der Waals surface area contributed by atoms with Crippen LogP contribution in [0.5, 0.6) is 5.75 Å². The van der Waals surface area contributed by atoms with Crippen LogP contribution in [0.2, 0.25) is 5.02 Å². The van der Waals surface area contributed by atoms with Crippen molar-refractivity contribution in [2.45, 2.75) is 6.42 Å². The van der Waals surface area contributed by atoms with Crippen molar-refractivity contribution in [3.8, 4) is 5.75 Å². The molecule has 4 nitrogen and oxygen atoms in total. The molecule has 0 spiro atoms. The number of aliphatic imine (C=N–C) groups is 1. The Labute approximate surface area is 138 Å². The molecule has 0 bridgehead atoms. The smallest absolute Gasteiger partial charge is 0.327 e. The van der Waals surface area contributed by atoms with E-state index in [1.807, 2.05) is 24.3 Å². The van der Waals surface area contributed by atoms with Crippen molar-refractivity contribution in [1.82, 2.24) is 0 Å². The molecular weight excluding hydrogens is 314 g/mol. The average Bonchev–Trinajstić information content (AvgIpc) is 2.55. The van der Waals surface area contributed by atoms with Crippen LogP contribution in [0.4, 0.5) is 0 Å². The Hall–Kier alpha value is -2.46. The first-order chi connectivity index (χ1) is 11.1. The summed E-state index contributed by atoms with van der Waals surface area (Å²) in [5.41, 5.74) is 1.51. The van der Waals surface area contributed by atoms with E-state index in [-0.39, 0.29) is 5.78 Å². The van der Waals surface area contributed by atoms with Gasteiger partial charge in [0.05, 0.1) is 5.56 Å². The lowest BCUT2D eigenvalue weighted by Gasteiger charge is -2.19. The number of halogens is 1. The summed E-state index contributed by atoms with van der Waals surface area (Å²) < 4.78 is 5.18. The maximum atomic E-state index is 12.3. The summed E-state index contributed by atoms with van der Waals surface area (Å²) in [5.74, 6) is -1.50. The van der Waals surface area contributed by atoms with E-state index in [0.29, 0.717) is 29.3 Å². The van der Waals surface area contributed by atoms with Gasteiger partial charge in [0.1, 0.15) is 5.75 Å². The summed E-state index contributed by atoms with van der Waals surface area (Å²) in [4.78, 5) is 28.4. The van der Waals surface area contributed by atoms with Gasteiger partial charge < -0.3 is 4.74 Å². The van der Waals surface area contributed by atoms with Crippen LogP contribution in [0.25, 0.3) is 0 Å². The number of carbonyl (C=O) groups is 2. The lowest BCUT2D eigenvalue weighted by Crippen LogP contribution is -2.34. The van der Waals surface area contributed by atoms with Gasteiger partial charge in [-0.1, -0.05) is 35.9 Å². The Morgan fingerprint density at radius 1 is 1.09 bits per heavy atom. The molecule has 3 rings (SSSR count). The number of fused-ring (bicyclic) bond motifs is 1. The van der Waals surface area contributed by atoms with E-state index in [1.165, 1.54) is 6.21 Å². The van der Waals surface area contributed by atoms with Crippen molar-refractivity contribution >= 4 is 29.6 Å². The molecule has 23 heavy (non-hydrogen) atoms. The summed E-state index contributed by atoms with van der Waals surface area (Å²) in [7, 11) is 0. The number of ketones is 1. The molecule has 0 aliphatic carbocycles. The summed E-state index contributed by atoms with van der Waals surface area (Å²) in [6, 6.07) is 14.2. The molecule has 0 aromatic heterocycles. The molecule has 1 heterocycles. The number of carbonyl (C=O) groups excluding carboxylic acids is 2. The van der Waals surface area contributed by atoms with Crippen molar-refractivity contribution in [3.63, 3.8) is 0 Å². The fourth-order valence-corrected chi connectivity index (χ4v) is 2.48. The van der Waals surface area contributed by atoms with Gasteiger partial charge >= 0.3 is 5.97 Å². The molecule has 1 atom stereocenters. The topological polar surface area (TPSA) is 55.7 Å². The Balaban J connectivity index is 1.64. The van der Waals surface area contributed by atoms with Crippen LogP contribution in [-0.2, 0) is 11.2 Å². The Kier molecular flexibility index (Phi) is 4.53. The first kappa shape index (κ1) is 15.4. The van der Waals surface area contributed by atoms with E-state index in [9.17, 15) is 9.59 Å². The number of hydrogen-bond acceptors (Lipinski definition) is 4. The van der Waals surface area contributed by atoms with Crippen LogP contribution < -0.4 is 4.74 Å². The minimum Gasteiger partial charge on any atom is -0.425 e. The quantitative estimate of drug-likeness (QED) is 0.374. The van der Waals surface area contributed by atoms with Crippen molar-refractivity contribution in [2.24, 2.45) is 10.9 Å². The molecule has 0 unspecified atom stereocenters. The summed E-state index contributed by atoms with van der Waals surface area (Å²) in [6.45, 7) is 0.486. The molecular formula is C18H14ClNO3. The van der Waals surface area contributed by atoms with Gasteiger partial charge in [-0.2, -0.15) is 0 Å². The summed E-state index contributed by atoms with van der Waals surface area (Å²) in [6.07, 6.45) is 2.09. The minimum absolute atomic E-state index is 0.271. The Morgan fingerprint density at radius 3 is 2.61 bits per heavy atom. The highest BCUT2D eigenvalue weighted by atomic mass is 35.5. The monoisotopic (exact) mass is 327 g/mol. The summed E-state index contributed by atoms with van der Waals surface area (Å²) in [5, 5.41) is 0.687. The third-order valence-electron chi connectivity index (χ3n) is 3.60. The molecule has 5 heteroatoms. The minimum atomic E-state index is -0.963. The van der Waals surface area contributed by atoms with Crippen molar-refractivity contribution in [3.05, 3.63) is 64.7 Å². The third kappa shape index (κ3) is 3.48. The lowest BCUT2D eigenvalue weighted by molar-refractivity contribution is -0.135. The number of para-hydroxylation sites is 1. The van der Waals surface area contributed by atoms with Crippen LogP contribution in [0.3, 0.4) is 0 Å². The average molecular weight is 328 g/mol. The van der Waals surface area contributed by atoms with E-state index >= 15 is 0 Å². The van der Waals surface area contributed by atoms with Crippen LogP contribution in [0.1, 0.15) is 15.9 Å². The predicted octanol–water partition coefficient (Wildman–Crippen LogP) is 3.37. The zero-order valence-electron chi connectivity index (χ0n) is 12.2. The first-order valence-electron chi connectivity index (χ1n) is 7.24. The van der Waals surface area contributed by atoms with Crippen LogP contribution in [0, 0.1) is 5.92 Å². The van der Waals surface area contributed by atoms with Gasteiger partial charge in [0.25, 0.3) is 0 Å². The van der Waals surface area contributed by atoms with E-state index in [0.717, 1.165) is 5.56 Å². The molecule has 2 aromatic rings. The zero-order valence-corrected chi connectivity index (χ0v) is 13.0. The van der Waals surface area contributed by atoms with E-state index in [2.05, 4.69) is 4.99 Å². The number of ether oxygens (including phenoxy) is 1. The number of benzene rings is 2. The van der Waals surface area contributed by atoms with Crippen molar-refractivity contribution in [1.29, 1.82) is 0 Å². The molecule has 0 amide bonds. The Bertz CT molecular complexity index is 768. The van der Waals surface area contributed by atoms with Crippen LogP contribution >= 0.6 is 11.6 Å². The molecule has 2 aromatic carbocycles. The SMILES string of the molecule is O=C1Oc2ccccc2C(=O)[C@H]1C=NCCc1ccc(Cl)cc1. The fraction of sp³-hybridized carbons (Fsp3) is 0.167. The maximum Gasteiger partial charge on any atom is 0.327 e. The summed E-state index contributed by atoms with van der Waals surface area (Å²) >= 11 is 5.83. The molecule has 0 saturated carbocycles. The number of nitrogens with zero attached hydrogens (tertiary/aromatic N) is 1. The van der Waals surface area contributed by atoms with Gasteiger partial charge in [-0.25, -0.2) is 0 Å². The molecule has 0 saturated heterocycles. The second-order valence-electron chi connectivity index (χ2n) is 5.19. The molecule has 1 aliphatic rings. The number of hydrogen-bond donors (Lipinski definition) is 0. The second kappa shape index (κ2) is 6.75. The number of Topliss-reactive ketones (excluding diaryl/α,β-unsaturated/α-hetero) is 1. The highest BCUT2D eigenvalue weighted by Crippen LogP contribution is 2.26. The van der Waals surface area contributed by atoms with Crippen molar-refractivity contribution in [2.75, 3.05) is 6.54 Å². The van der Waals surface area contributed by atoms with Gasteiger partial charge in [0.2, 0.25) is 0 Å². The van der Waals surface area contributed by atoms with Crippen molar-refractivity contribution < 1.29 is 14.3 Å². The molecule has 1 aliphatic heterocycles. The van der Waals surface area contributed by atoms with Crippen LogP contribution in [-0.4, -0.2) is 24.5 Å². The molecule has 0 fully saturated rings. The van der Waals surface area contributed by atoms with Gasteiger partial charge in [-0.3, -0.25) is 14.6 Å². The van der Waals surface area contributed by atoms with Gasteiger partial charge in [-0.15, -0.1) is 0 Å².